The lowest BCUT2D eigenvalue weighted by atomic mass is 10.2. The molecule has 1 aliphatic heterocycles. The van der Waals surface area contributed by atoms with Crippen LogP contribution in [0.4, 0.5) is 14.5 Å². The Labute approximate surface area is 187 Å². The van der Waals surface area contributed by atoms with Gasteiger partial charge in [0.2, 0.25) is 15.9 Å². The highest BCUT2D eigenvalue weighted by Crippen LogP contribution is 2.16. The normalized spacial score (nSPS) is 16.0. The first-order valence-electron chi connectivity index (χ1n) is 10.5. The topological polar surface area (TPSA) is 81.8 Å². The van der Waals surface area contributed by atoms with Crippen LogP contribution in [0.1, 0.15) is 13.3 Å². The fourth-order valence-electron chi connectivity index (χ4n) is 3.57. The third-order valence-corrected chi connectivity index (χ3v) is 6.96. The third-order valence-electron chi connectivity index (χ3n) is 5.50. The van der Waals surface area contributed by atoms with Gasteiger partial charge in [-0.05, 0) is 37.3 Å². The molecule has 10 heteroatoms. The molecule has 2 aromatic rings. The molecule has 0 aromatic heterocycles. The number of sulfonamides is 1. The Morgan fingerprint density at radius 3 is 2.38 bits per heavy atom. The quantitative estimate of drug-likeness (QED) is 0.591. The molecule has 1 aliphatic rings. The minimum absolute atomic E-state index is 0.0581. The first-order valence-corrected chi connectivity index (χ1v) is 12.0. The second-order valence-electron chi connectivity index (χ2n) is 7.74. The molecule has 1 unspecified atom stereocenters. The summed E-state index contributed by atoms with van der Waals surface area (Å²) in [6.07, 6.45) is -0.0581. The van der Waals surface area contributed by atoms with E-state index in [9.17, 15) is 22.0 Å². The van der Waals surface area contributed by atoms with Crippen molar-refractivity contribution in [1.29, 1.82) is 0 Å². The van der Waals surface area contributed by atoms with Gasteiger partial charge in [-0.2, -0.15) is 0 Å². The van der Waals surface area contributed by atoms with E-state index in [1.54, 1.807) is 0 Å². The van der Waals surface area contributed by atoms with Crippen LogP contribution in [0, 0.1) is 11.6 Å². The number of rotatable bonds is 9. The summed E-state index contributed by atoms with van der Waals surface area (Å²) in [5, 5.41) is 2.83. The Bertz CT molecular complexity index is 1010. The molecular weight excluding hydrogens is 438 g/mol. The van der Waals surface area contributed by atoms with Gasteiger partial charge in [-0.1, -0.05) is 18.2 Å². The Balaban J connectivity index is 1.37. The van der Waals surface area contributed by atoms with Crippen molar-refractivity contribution in [2.24, 2.45) is 0 Å². The van der Waals surface area contributed by atoms with Gasteiger partial charge in [-0.25, -0.2) is 21.9 Å². The number of nitrogens with one attached hydrogen (secondary N) is 2. The Morgan fingerprint density at radius 1 is 1.03 bits per heavy atom. The minimum atomic E-state index is -4.02. The van der Waals surface area contributed by atoms with E-state index in [1.165, 1.54) is 5.69 Å². The number of carbonyl (C=O) groups excluding carboxylic acids is 1. The molecule has 0 radical (unpaired) electrons. The van der Waals surface area contributed by atoms with Crippen molar-refractivity contribution in [1.82, 2.24) is 14.9 Å². The lowest BCUT2D eigenvalue weighted by Gasteiger charge is -2.39. The molecule has 1 saturated heterocycles. The highest BCUT2D eigenvalue weighted by Gasteiger charge is 2.22. The largest absolute Gasteiger partial charge is 0.369 e. The lowest BCUT2D eigenvalue weighted by Crippen LogP contribution is -2.52. The van der Waals surface area contributed by atoms with Crippen molar-refractivity contribution in [2.75, 3.05) is 44.2 Å². The number of halogens is 2. The molecule has 0 saturated carbocycles. The van der Waals surface area contributed by atoms with Crippen molar-refractivity contribution in [3.8, 4) is 0 Å². The number of hydrogen-bond donors (Lipinski definition) is 2. The van der Waals surface area contributed by atoms with Gasteiger partial charge in [0, 0.05) is 57.4 Å². The van der Waals surface area contributed by atoms with E-state index in [0.29, 0.717) is 12.6 Å². The smallest absolute Gasteiger partial charge is 0.240 e. The standard InChI is InChI=1S/C22H28F2N4O3S/c1-17(27-11-13-28(14-12-27)18-5-3-2-4-6-18)16-25-22(29)9-10-26-32(30,31)19-7-8-20(23)21(24)15-19/h2-8,15,17,26H,9-14,16H2,1H3,(H,25,29). The van der Waals surface area contributed by atoms with Gasteiger partial charge >= 0.3 is 0 Å². The van der Waals surface area contributed by atoms with Gasteiger partial charge in [-0.15, -0.1) is 0 Å². The summed E-state index contributed by atoms with van der Waals surface area (Å²) in [7, 11) is -4.02. The molecule has 1 fully saturated rings. The average Bonchev–Trinajstić information content (AvgIpc) is 2.79. The minimum Gasteiger partial charge on any atom is -0.369 e. The zero-order valence-corrected chi connectivity index (χ0v) is 18.7. The molecule has 0 bridgehead atoms. The Morgan fingerprint density at radius 2 is 1.72 bits per heavy atom. The van der Waals surface area contributed by atoms with Crippen LogP contribution in [0.2, 0.25) is 0 Å². The summed E-state index contributed by atoms with van der Waals surface area (Å²) in [5.41, 5.74) is 1.21. The maximum absolute atomic E-state index is 13.3. The second-order valence-corrected chi connectivity index (χ2v) is 9.50. The molecule has 0 aliphatic carbocycles. The molecule has 0 spiro atoms. The lowest BCUT2D eigenvalue weighted by molar-refractivity contribution is -0.121. The molecule has 1 amide bonds. The zero-order chi connectivity index (χ0) is 23.1. The fraction of sp³-hybridized carbons (Fsp3) is 0.409. The number of para-hydroxylation sites is 1. The zero-order valence-electron chi connectivity index (χ0n) is 17.9. The van der Waals surface area contributed by atoms with Gasteiger partial charge < -0.3 is 10.2 Å². The molecule has 7 nitrogen and oxygen atoms in total. The van der Waals surface area contributed by atoms with E-state index in [1.807, 2.05) is 25.1 Å². The van der Waals surface area contributed by atoms with Gasteiger partial charge in [0.1, 0.15) is 0 Å². The van der Waals surface area contributed by atoms with E-state index >= 15 is 0 Å². The number of amides is 1. The van der Waals surface area contributed by atoms with Gasteiger partial charge in [-0.3, -0.25) is 9.69 Å². The highest BCUT2D eigenvalue weighted by molar-refractivity contribution is 7.89. The van der Waals surface area contributed by atoms with Gasteiger partial charge in [0.15, 0.2) is 11.6 Å². The van der Waals surface area contributed by atoms with E-state index in [0.717, 1.165) is 38.3 Å². The average molecular weight is 467 g/mol. The number of piperazine rings is 1. The number of nitrogens with zero attached hydrogens (tertiary/aromatic N) is 2. The van der Waals surface area contributed by atoms with E-state index in [2.05, 4.69) is 32.0 Å². The van der Waals surface area contributed by atoms with Crippen LogP contribution in [0.25, 0.3) is 0 Å². The van der Waals surface area contributed by atoms with Crippen molar-refractivity contribution in [3.05, 3.63) is 60.2 Å². The van der Waals surface area contributed by atoms with Crippen molar-refractivity contribution >= 4 is 21.6 Å². The predicted octanol–water partition coefficient (Wildman–Crippen LogP) is 1.96. The van der Waals surface area contributed by atoms with Crippen molar-refractivity contribution in [3.63, 3.8) is 0 Å². The molecular formula is C22H28F2N4O3S. The Kier molecular flexibility index (Phi) is 8.16. The van der Waals surface area contributed by atoms with Crippen LogP contribution >= 0.6 is 0 Å². The van der Waals surface area contributed by atoms with Gasteiger partial charge in [0.25, 0.3) is 0 Å². The van der Waals surface area contributed by atoms with Gasteiger partial charge in [0.05, 0.1) is 4.90 Å². The first kappa shape index (κ1) is 24.1. The summed E-state index contributed by atoms with van der Waals surface area (Å²) in [4.78, 5) is 16.4. The summed E-state index contributed by atoms with van der Waals surface area (Å²) in [6, 6.07) is 12.7. The Hall–Kier alpha value is -2.56. The molecule has 32 heavy (non-hydrogen) atoms. The number of hydrogen-bond acceptors (Lipinski definition) is 5. The summed E-state index contributed by atoms with van der Waals surface area (Å²) >= 11 is 0. The van der Waals surface area contributed by atoms with Crippen LogP contribution in [-0.4, -0.2) is 64.5 Å². The van der Waals surface area contributed by atoms with E-state index in [-0.39, 0.29) is 29.8 Å². The second kappa shape index (κ2) is 10.8. The van der Waals surface area contributed by atoms with E-state index in [4.69, 9.17) is 0 Å². The summed E-state index contributed by atoms with van der Waals surface area (Å²) in [6.45, 7) is 5.96. The number of carbonyl (C=O) groups is 1. The monoisotopic (exact) mass is 466 g/mol. The van der Waals surface area contributed by atoms with Crippen molar-refractivity contribution in [2.45, 2.75) is 24.3 Å². The highest BCUT2D eigenvalue weighted by atomic mass is 32.2. The maximum atomic E-state index is 13.3. The molecule has 3 rings (SSSR count). The fourth-order valence-corrected chi connectivity index (χ4v) is 4.61. The van der Waals surface area contributed by atoms with Crippen LogP contribution in [0.15, 0.2) is 53.4 Å². The number of anilines is 1. The maximum Gasteiger partial charge on any atom is 0.240 e. The number of benzene rings is 2. The molecule has 174 valence electrons. The van der Waals surface area contributed by atoms with Crippen LogP contribution < -0.4 is 14.9 Å². The van der Waals surface area contributed by atoms with Crippen molar-refractivity contribution < 1.29 is 22.0 Å². The predicted molar refractivity (Wildman–Crippen MR) is 119 cm³/mol. The first-order chi connectivity index (χ1) is 15.3. The summed E-state index contributed by atoms with van der Waals surface area (Å²) in [5.74, 6) is -2.66. The third kappa shape index (κ3) is 6.47. The molecule has 2 aromatic carbocycles. The van der Waals surface area contributed by atoms with Crippen LogP contribution in [-0.2, 0) is 14.8 Å². The van der Waals surface area contributed by atoms with Crippen LogP contribution in [0.3, 0.4) is 0 Å². The molecule has 2 N–H and O–H groups in total. The summed E-state index contributed by atoms with van der Waals surface area (Å²) < 4.78 is 52.7. The van der Waals surface area contributed by atoms with Crippen LogP contribution in [0.5, 0.6) is 0 Å². The molecule has 1 atom stereocenters. The molecule has 1 heterocycles. The van der Waals surface area contributed by atoms with E-state index < -0.39 is 21.7 Å². The SMILES string of the molecule is CC(CNC(=O)CCNS(=O)(=O)c1ccc(F)c(F)c1)N1CCN(c2ccccc2)CC1.